The number of amides is 1. The highest BCUT2D eigenvalue weighted by molar-refractivity contribution is 5.85. The average Bonchev–Trinajstić information content (AvgIpc) is 2.61. The second kappa shape index (κ2) is 6.74. The molecule has 0 saturated carbocycles. The Morgan fingerprint density at radius 1 is 1.20 bits per heavy atom. The van der Waals surface area contributed by atoms with Crippen molar-refractivity contribution in [3.05, 3.63) is 64.2 Å². The van der Waals surface area contributed by atoms with Crippen LogP contribution in [0.2, 0.25) is 0 Å². The number of fused-ring (bicyclic) bond motifs is 1. The van der Waals surface area contributed by atoms with Crippen molar-refractivity contribution in [1.29, 1.82) is 0 Å². The van der Waals surface area contributed by atoms with E-state index in [0.29, 0.717) is 22.5 Å². The zero-order valence-corrected chi connectivity index (χ0v) is 13.9. The molecule has 1 amide bonds. The third-order valence-electron chi connectivity index (χ3n) is 3.91. The van der Waals surface area contributed by atoms with Crippen molar-refractivity contribution >= 4 is 16.8 Å². The van der Waals surface area contributed by atoms with Gasteiger partial charge in [-0.2, -0.15) is 0 Å². The summed E-state index contributed by atoms with van der Waals surface area (Å²) in [7, 11) is 0. The quantitative estimate of drug-likeness (QED) is 0.425. The van der Waals surface area contributed by atoms with Crippen LogP contribution in [-0.4, -0.2) is 22.1 Å². The van der Waals surface area contributed by atoms with Crippen molar-refractivity contribution in [3.8, 4) is 11.4 Å². The van der Waals surface area contributed by atoms with Gasteiger partial charge in [0.15, 0.2) is 6.61 Å². The summed E-state index contributed by atoms with van der Waals surface area (Å²) in [6.07, 6.45) is 0. The second-order valence-electron chi connectivity index (χ2n) is 5.59. The molecule has 25 heavy (non-hydrogen) atoms. The number of hydrazine groups is 1. The lowest BCUT2D eigenvalue weighted by Crippen LogP contribution is -2.34. The molecule has 0 atom stereocenters. The monoisotopic (exact) mass is 338 g/mol. The summed E-state index contributed by atoms with van der Waals surface area (Å²) < 4.78 is 7.03. The van der Waals surface area contributed by atoms with Crippen LogP contribution in [0.1, 0.15) is 11.4 Å². The topological polar surface area (TPSA) is 99.2 Å². The Morgan fingerprint density at radius 3 is 2.68 bits per heavy atom. The van der Waals surface area contributed by atoms with Gasteiger partial charge in [-0.25, -0.2) is 10.8 Å². The summed E-state index contributed by atoms with van der Waals surface area (Å²) in [5.41, 5.74) is 3.98. The van der Waals surface area contributed by atoms with Gasteiger partial charge in [-0.05, 0) is 37.6 Å². The first-order valence-electron chi connectivity index (χ1n) is 7.73. The molecule has 0 unspecified atom stereocenters. The van der Waals surface area contributed by atoms with E-state index in [1.54, 1.807) is 29.7 Å². The Hall–Kier alpha value is -3.19. The Kier molecular flexibility index (Phi) is 4.49. The van der Waals surface area contributed by atoms with Gasteiger partial charge in [0.2, 0.25) is 0 Å². The molecule has 0 spiro atoms. The van der Waals surface area contributed by atoms with Crippen molar-refractivity contribution in [2.24, 2.45) is 5.84 Å². The molecule has 3 rings (SSSR count). The number of nitrogens with one attached hydrogen (secondary N) is 1. The zero-order valence-electron chi connectivity index (χ0n) is 13.9. The number of aryl methyl sites for hydroxylation is 2. The molecule has 0 aliphatic heterocycles. The number of ether oxygens (including phenoxy) is 1. The summed E-state index contributed by atoms with van der Waals surface area (Å²) in [6, 6.07) is 12.7. The lowest BCUT2D eigenvalue weighted by Gasteiger charge is -2.14. The highest BCUT2D eigenvalue weighted by atomic mass is 16.5. The largest absolute Gasteiger partial charge is 0.481 e. The van der Waals surface area contributed by atoms with Gasteiger partial charge in [-0.3, -0.25) is 19.6 Å². The molecule has 7 heteroatoms. The average molecular weight is 338 g/mol. The van der Waals surface area contributed by atoms with Crippen LogP contribution in [0.25, 0.3) is 16.6 Å². The SMILES string of the molecule is Cc1ccccc1-n1c(C)nc2c(OCC(=O)NN)cccc2c1=O. The van der Waals surface area contributed by atoms with Crippen LogP contribution in [0.5, 0.6) is 5.75 Å². The number of nitrogens with zero attached hydrogens (tertiary/aromatic N) is 2. The number of carbonyl (C=O) groups is 1. The molecule has 0 aliphatic rings. The Balaban J connectivity index is 2.17. The number of rotatable bonds is 4. The van der Waals surface area contributed by atoms with Gasteiger partial charge in [0.1, 0.15) is 17.1 Å². The maximum Gasteiger partial charge on any atom is 0.271 e. The van der Waals surface area contributed by atoms with Gasteiger partial charge < -0.3 is 4.74 Å². The van der Waals surface area contributed by atoms with Crippen LogP contribution in [-0.2, 0) is 4.79 Å². The molecular weight excluding hydrogens is 320 g/mol. The molecule has 3 N–H and O–H groups in total. The number of benzene rings is 2. The summed E-state index contributed by atoms with van der Waals surface area (Å²) in [5.74, 6) is 5.47. The van der Waals surface area contributed by atoms with Crippen molar-refractivity contribution in [3.63, 3.8) is 0 Å². The Morgan fingerprint density at radius 2 is 1.96 bits per heavy atom. The van der Waals surface area contributed by atoms with E-state index in [1.807, 2.05) is 36.6 Å². The van der Waals surface area contributed by atoms with Crippen molar-refractivity contribution in [2.75, 3.05) is 6.61 Å². The minimum atomic E-state index is -0.470. The number of aromatic nitrogens is 2. The van der Waals surface area contributed by atoms with E-state index < -0.39 is 5.91 Å². The molecule has 0 aliphatic carbocycles. The predicted octanol–water partition coefficient (Wildman–Crippen LogP) is 1.37. The van der Waals surface area contributed by atoms with Crippen molar-refractivity contribution in [2.45, 2.75) is 13.8 Å². The third kappa shape index (κ3) is 3.09. The fourth-order valence-electron chi connectivity index (χ4n) is 2.69. The summed E-state index contributed by atoms with van der Waals surface area (Å²) >= 11 is 0. The molecule has 0 fully saturated rings. The van der Waals surface area contributed by atoms with Gasteiger partial charge >= 0.3 is 0 Å². The predicted molar refractivity (Wildman–Crippen MR) is 94.6 cm³/mol. The number of hydrogen-bond acceptors (Lipinski definition) is 5. The third-order valence-corrected chi connectivity index (χ3v) is 3.91. The standard InChI is InChI=1S/C18H18N4O3/c1-11-6-3-4-8-14(11)22-12(2)20-17-13(18(22)24)7-5-9-15(17)25-10-16(23)21-19/h3-9H,10,19H2,1-2H3,(H,21,23). The maximum absolute atomic E-state index is 13.0. The lowest BCUT2D eigenvalue weighted by atomic mass is 10.1. The van der Waals surface area contributed by atoms with E-state index in [2.05, 4.69) is 4.98 Å². The Labute approximate surface area is 144 Å². The first-order chi connectivity index (χ1) is 12.0. The molecule has 1 aromatic heterocycles. The number of nitrogens with two attached hydrogens (primary N) is 1. The molecule has 2 aromatic carbocycles. The maximum atomic E-state index is 13.0. The molecule has 1 heterocycles. The molecule has 0 radical (unpaired) electrons. The van der Waals surface area contributed by atoms with Gasteiger partial charge in [-0.1, -0.05) is 24.3 Å². The van der Waals surface area contributed by atoms with Crippen molar-refractivity contribution < 1.29 is 9.53 Å². The van der Waals surface area contributed by atoms with E-state index in [0.717, 1.165) is 11.3 Å². The van der Waals surface area contributed by atoms with E-state index in [4.69, 9.17) is 10.6 Å². The summed E-state index contributed by atoms with van der Waals surface area (Å²) in [4.78, 5) is 28.8. The minimum Gasteiger partial charge on any atom is -0.481 e. The number of hydrogen-bond donors (Lipinski definition) is 2. The zero-order chi connectivity index (χ0) is 18.0. The molecule has 0 bridgehead atoms. The number of para-hydroxylation sites is 2. The molecule has 3 aromatic rings. The molecular formula is C18H18N4O3. The van der Waals surface area contributed by atoms with Crippen LogP contribution >= 0.6 is 0 Å². The molecule has 128 valence electrons. The van der Waals surface area contributed by atoms with Gasteiger partial charge in [-0.15, -0.1) is 0 Å². The van der Waals surface area contributed by atoms with E-state index in [9.17, 15) is 9.59 Å². The summed E-state index contributed by atoms with van der Waals surface area (Å²) in [6.45, 7) is 3.45. The highest BCUT2D eigenvalue weighted by Crippen LogP contribution is 2.23. The first-order valence-corrected chi connectivity index (χ1v) is 7.73. The Bertz CT molecular complexity index is 1010. The normalized spacial score (nSPS) is 10.7. The van der Waals surface area contributed by atoms with Gasteiger partial charge in [0, 0.05) is 0 Å². The van der Waals surface area contributed by atoms with Crippen LogP contribution < -0.4 is 21.6 Å². The van der Waals surface area contributed by atoms with E-state index in [1.165, 1.54) is 0 Å². The van der Waals surface area contributed by atoms with E-state index >= 15 is 0 Å². The van der Waals surface area contributed by atoms with E-state index in [-0.39, 0.29) is 12.2 Å². The lowest BCUT2D eigenvalue weighted by molar-refractivity contribution is -0.123. The highest BCUT2D eigenvalue weighted by Gasteiger charge is 2.14. The smallest absolute Gasteiger partial charge is 0.271 e. The van der Waals surface area contributed by atoms with Gasteiger partial charge in [0.25, 0.3) is 11.5 Å². The fourth-order valence-corrected chi connectivity index (χ4v) is 2.69. The molecule has 0 saturated heterocycles. The fraction of sp³-hybridized carbons (Fsp3) is 0.167. The molecule has 7 nitrogen and oxygen atoms in total. The second-order valence-corrected chi connectivity index (χ2v) is 5.59. The summed E-state index contributed by atoms with van der Waals surface area (Å²) in [5, 5.41) is 0.416. The van der Waals surface area contributed by atoms with Crippen LogP contribution in [0.4, 0.5) is 0 Å². The van der Waals surface area contributed by atoms with Crippen LogP contribution in [0, 0.1) is 13.8 Å². The van der Waals surface area contributed by atoms with Crippen LogP contribution in [0.3, 0.4) is 0 Å². The van der Waals surface area contributed by atoms with Crippen LogP contribution in [0.15, 0.2) is 47.3 Å². The van der Waals surface area contributed by atoms with Gasteiger partial charge in [0.05, 0.1) is 11.1 Å². The first kappa shape index (κ1) is 16.7. The number of carbonyl (C=O) groups excluding carboxylic acids is 1. The minimum absolute atomic E-state index is 0.189. The van der Waals surface area contributed by atoms with Crippen molar-refractivity contribution in [1.82, 2.24) is 15.0 Å².